The van der Waals surface area contributed by atoms with Crippen molar-refractivity contribution in [2.45, 2.75) is 18.2 Å². The summed E-state index contributed by atoms with van der Waals surface area (Å²) in [6.45, 7) is 2.18. The van der Waals surface area contributed by atoms with Crippen molar-refractivity contribution in [3.05, 3.63) is 26.9 Å². The Hall–Kier alpha value is -0.700. The number of nitrogens with one attached hydrogen (secondary N) is 1. The van der Waals surface area contributed by atoms with Crippen molar-refractivity contribution < 1.29 is 17.9 Å². The number of sulfonamides is 1. The van der Waals surface area contributed by atoms with E-state index in [1.54, 1.807) is 0 Å². The third kappa shape index (κ3) is 4.41. The van der Waals surface area contributed by atoms with Crippen molar-refractivity contribution in [1.82, 2.24) is 4.72 Å². The molecule has 0 aliphatic carbocycles. The molecule has 0 aromatic carbocycles. The Kier molecular flexibility index (Phi) is 6.18. The topological polar surface area (TPSA) is 72.5 Å². The molecule has 19 heavy (non-hydrogen) atoms. The Bertz CT molecular complexity index is 578. The van der Waals surface area contributed by atoms with Crippen LogP contribution in [-0.2, 0) is 14.8 Å². The van der Waals surface area contributed by atoms with Crippen LogP contribution < -0.4 is 4.72 Å². The van der Waals surface area contributed by atoms with Gasteiger partial charge in [0.2, 0.25) is 10.0 Å². The van der Waals surface area contributed by atoms with E-state index in [-0.39, 0.29) is 9.77 Å². The van der Waals surface area contributed by atoms with Crippen LogP contribution in [0.5, 0.6) is 0 Å². The summed E-state index contributed by atoms with van der Waals surface area (Å²) in [6, 6.07) is 1.30. The predicted molar refractivity (Wildman–Crippen MR) is 78.0 cm³/mol. The number of carbonyl (C=O) groups is 1. The van der Waals surface area contributed by atoms with Gasteiger partial charge in [0.15, 0.2) is 0 Å². The van der Waals surface area contributed by atoms with Crippen molar-refractivity contribution >= 4 is 43.3 Å². The second-order valence-electron chi connectivity index (χ2n) is 3.50. The molecule has 1 aromatic heterocycles. The van der Waals surface area contributed by atoms with Gasteiger partial charge in [-0.05, 0) is 35.3 Å². The Morgan fingerprint density at radius 1 is 1.58 bits per heavy atom. The molecule has 106 valence electrons. The van der Waals surface area contributed by atoms with Crippen LogP contribution in [0, 0.1) is 0 Å². The van der Waals surface area contributed by atoms with Crippen LogP contribution in [0.1, 0.15) is 23.0 Å². The smallest absolute Gasteiger partial charge is 0.348 e. The number of ether oxygens (including phenoxy) is 1. The summed E-state index contributed by atoms with van der Waals surface area (Å²) in [7, 11) is -2.37. The van der Waals surface area contributed by atoms with Crippen LogP contribution in [-0.4, -0.2) is 28.0 Å². The van der Waals surface area contributed by atoms with Gasteiger partial charge < -0.3 is 4.74 Å². The third-order valence-corrected chi connectivity index (χ3v) is 5.86. The number of carbonyl (C=O) groups excluding carboxylic acids is 1. The van der Waals surface area contributed by atoms with E-state index in [0.717, 1.165) is 11.3 Å². The summed E-state index contributed by atoms with van der Waals surface area (Å²) < 4.78 is 31.5. The fourth-order valence-corrected chi connectivity index (χ4v) is 4.79. The number of rotatable bonds is 6. The summed E-state index contributed by atoms with van der Waals surface area (Å²) >= 11 is 4.18. The first kappa shape index (κ1) is 16.4. The Morgan fingerprint density at radius 2 is 2.26 bits per heavy atom. The summed E-state index contributed by atoms with van der Waals surface area (Å²) in [5.74, 6) is -0.555. The molecule has 0 aliphatic rings. The molecule has 0 bridgehead atoms. The highest BCUT2D eigenvalue weighted by atomic mass is 79.9. The fraction of sp³-hybridized carbons (Fsp3) is 0.364. The maximum atomic E-state index is 12.0. The molecule has 1 heterocycles. The number of hydrogen-bond donors (Lipinski definition) is 1. The first-order valence-corrected chi connectivity index (χ1v) is 8.50. The zero-order chi connectivity index (χ0) is 14.5. The summed E-state index contributed by atoms with van der Waals surface area (Å²) in [5, 5.41) is 0. The average molecular weight is 368 g/mol. The minimum Gasteiger partial charge on any atom is -0.465 e. The number of esters is 1. The van der Waals surface area contributed by atoms with E-state index in [0.29, 0.717) is 16.8 Å². The largest absolute Gasteiger partial charge is 0.465 e. The van der Waals surface area contributed by atoms with Gasteiger partial charge in [0, 0.05) is 6.54 Å². The van der Waals surface area contributed by atoms with Gasteiger partial charge in [-0.1, -0.05) is 12.2 Å². The molecular formula is C11H14BrNO4S2. The van der Waals surface area contributed by atoms with Crippen molar-refractivity contribution in [1.29, 1.82) is 0 Å². The Labute approximate surface area is 124 Å². The quantitative estimate of drug-likeness (QED) is 0.476. The summed E-state index contributed by atoms with van der Waals surface area (Å²) in [6.07, 6.45) is 4.33. The van der Waals surface area contributed by atoms with Crippen molar-refractivity contribution in [3.63, 3.8) is 0 Å². The van der Waals surface area contributed by atoms with E-state index in [2.05, 4.69) is 25.4 Å². The van der Waals surface area contributed by atoms with E-state index in [4.69, 9.17) is 0 Å². The van der Waals surface area contributed by atoms with Gasteiger partial charge in [0.05, 0.1) is 10.9 Å². The van der Waals surface area contributed by atoms with Gasteiger partial charge in [-0.3, -0.25) is 0 Å². The second kappa shape index (κ2) is 7.18. The Morgan fingerprint density at radius 3 is 2.84 bits per heavy atom. The van der Waals surface area contributed by atoms with Crippen LogP contribution >= 0.6 is 27.3 Å². The predicted octanol–water partition coefficient (Wildman–Crippen LogP) is 2.54. The van der Waals surface area contributed by atoms with Crippen molar-refractivity contribution in [2.24, 2.45) is 0 Å². The zero-order valence-electron chi connectivity index (χ0n) is 10.5. The summed E-state index contributed by atoms with van der Waals surface area (Å²) in [5.41, 5.74) is 0. The molecule has 0 spiro atoms. The van der Waals surface area contributed by atoms with E-state index < -0.39 is 16.0 Å². The number of hydrogen-bond acceptors (Lipinski definition) is 5. The van der Waals surface area contributed by atoms with Crippen LogP contribution in [0.4, 0.5) is 0 Å². The lowest BCUT2D eigenvalue weighted by atomic mass is 10.4. The van der Waals surface area contributed by atoms with Gasteiger partial charge >= 0.3 is 5.97 Å². The zero-order valence-corrected chi connectivity index (χ0v) is 13.7. The second-order valence-corrected chi connectivity index (χ2v) is 7.60. The lowest BCUT2D eigenvalue weighted by Gasteiger charge is -2.03. The molecule has 0 radical (unpaired) electrons. The molecule has 8 heteroatoms. The van der Waals surface area contributed by atoms with Crippen LogP contribution in [0.15, 0.2) is 26.9 Å². The molecule has 0 unspecified atom stereocenters. The molecule has 1 rings (SSSR count). The number of allylic oxidation sites excluding steroid dienone is 1. The van der Waals surface area contributed by atoms with Crippen LogP contribution in [0.25, 0.3) is 0 Å². The first-order valence-electron chi connectivity index (χ1n) is 5.41. The number of thiophene rings is 1. The number of methoxy groups -OCH3 is 1. The first-order chi connectivity index (χ1) is 8.92. The normalized spacial score (nSPS) is 11.9. The highest BCUT2D eigenvalue weighted by Gasteiger charge is 2.23. The minimum absolute atomic E-state index is 0.0541. The third-order valence-electron chi connectivity index (χ3n) is 2.17. The van der Waals surface area contributed by atoms with Crippen LogP contribution in [0.2, 0.25) is 0 Å². The molecule has 5 nitrogen and oxygen atoms in total. The average Bonchev–Trinajstić information content (AvgIpc) is 2.76. The van der Waals surface area contributed by atoms with Gasteiger partial charge in [0.25, 0.3) is 0 Å². The lowest BCUT2D eigenvalue weighted by molar-refractivity contribution is 0.0606. The monoisotopic (exact) mass is 367 g/mol. The van der Waals surface area contributed by atoms with Gasteiger partial charge in [-0.25, -0.2) is 17.9 Å². The molecular weight excluding hydrogens is 354 g/mol. The molecule has 0 saturated heterocycles. The van der Waals surface area contributed by atoms with Crippen molar-refractivity contribution in [3.8, 4) is 0 Å². The van der Waals surface area contributed by atoms with Crippen molar-refractivity contribution in [2.75, 3.05) is 13.7 Å². The van der Waals surface area contributed by atoms with E-state index in [1.807, 2.05) is 19.1 Å². The molecule has 0 fully saturated rings. The van der Waals surface area contributed by atoms with Crippen LogP contribution in [0.3, 0.4) is 0 Å². The fourth-order valence-electron chi connectivity index (χ4n) is 1.26. The highest BCUT2D eigenvalue weighted by Crippen LogP contribution is 2.31. The summed E-state index contributed by atoms with van der Waals surface area (Å²) in [4.78, 5) is 11.6. The molecule has 0 aliphatic heterocycles. The van der Waals surface area contributed by atoms with E-state index in [1.165, 1.54) is 13.2 Å². The highest BCUT2D eigenvalue weighted by molar-refractivity contribution is 9.11. The molecule has 0 atom stereocenters. The minimum atomic E-state index is -3.62. The van der Waals surface area contributed by atoms with E-state index in [9.17, 15) is 13.2 Å². The molecule has 0 saturated carbocycles. The molecule has 1 aromatic rings. The standard InChI is InChI=1S/C11H14BrNO4S2/c1-3-4-5-6-13-19(15,16)9-7-8(11(14)17-2)18-10(9)12/h3-4,7,13H,5-6H2,1-2H3/b4-3+. The number of halogens is 1. The SMILES string of the molecule is C/C=C/CCNS(=O)(=O)c1cc(C(=O)OC)sc1Br. The Balaban J connectivity index is 2.89. The molecule has 0 amide bonds. The van der Waals surface area contributed by atoms with Gasteiger partial charge in [-0.15, -0.1) is 11.3 Å². The van der Waals surface area contributed by atoms with Gasteiger partial charge in [0.1, 0.15) is 9.77 Å². The molecule has 1 N–H and O–H groups in total. The maximum absolute atomic E-state index is 12.0. The van der Waals surface area contributed by atoms with Gasteiger partial charge in [-0.2, -0.15) is 0 Å². The lowest BCUT2D eigenvalue weighted by Crippen LogP contribution is -2.24. The maximum Gasteiger partial charge on any atom is 0.348 e. The van der Waals surface area contributed by atoms with E-state index >= 15 is 0 Å².